The number of carbonyl (C=O) groups excluding carboxylic acids is 2. The monoisotopic (exact) mass is 282 g/mol. The number of rotatable bonds is 5. The molecule has 0 aliphatic heterocycles. The number of anilines is 1. The number of hydrogen-bond acceptors (Lipinski definition) is 5. The first kappa shape index (κ1) is 15.3. The van der Waals surface area contributed by atoms with Gasteiger partial charge in [-0.3, -0.25) is 4.79 Å². The molecule has 1 aromatic carbocycles. The van der Waals surface area contributed by atoms with Gasteiger partial charge >= 0.3 is 18.2 Å². The topological polar surface area (TPSA) is 114 Å². The highest BCUT2D eigenvalue weighted by Gasteiger charge is 2.06. The number of carboxylic acids is 1. The summed E-state index contributed by atoms with van der Waals surface area (Å²) in [5.41, 5.74) is 0.420. The fourth-order valence-electron chi connectivity index (χ4n) is 1.18. The van der Waals surface area contributed by atoms with Crippen LogP contribution in [-0.4, -0.2) is 36.4 Å². The molecule has 0 saturated carbocycles. The zero-order chi connectivity index (χ0) is 15.0. The summed E-state index contributed by atoms with van der Waals surface area (Å²) in [4.78, 5) is 32.6. The van der Waals surface area contributed by atoms with Crippen molar-refractivity contribution in [3.63, 3.8) is 0 Å². The van der Waals surface area contributed by atoms with Gasteiger partial charge in [-0.25, -0.2) is 9.59 Å². The Hall–Kier alpha value is -2.77. The maximum Gasteiger partial charge on any atom is 0.513 e. The molecule has 0 radical (unpaired) electrons. The number of carbonyl (C=O) groups is 3. The molecule has 2 amide bonds. The molecule has 108 valence electrons. The Morgan fingerprint density at radius 2 is 1.85 bits per heavy atom. The van der Waals surface area contributed by atoms with Gasteiger partial charge in [0.05, 0.1) is 6.61 Å². The second-order valence-electron chi connectivity index (χ2n) is 3.51. The van der Waals surface area contributed by atoms with E-state index < -0.39 is 24.7 Å². The molecule has 0 bridgehead atoms. The summed E-state index contributed by atoms with van der Waals surface area (Å²) in [6.07, 6.45) is -0.813. The largest absolute Gasteiger partial charge is 0.513 e. The second kappa shape index (κ2) is 7.62. The van der Waals surface area contributed by atoms with Crippen LogP contribution in [0.25, 0.3) is 0 Å². The average Bonchev–Trinajstić information content (AvgIpc) is 2.39. The van der Waals surface area contributed by atoms with E-state index in [0.717, 1.165) is 0 Å². The van der Waals surface area contributed by atoms with Crippen molar-refractivity contribution in [1.29, 1.82) is 0 Å². The Bertz CT molecular complexity index is 485. The molecule has 0 aliphatic carbocycles. The highest BCUT2D eigenvalue weighted by atomic mass is 16.7. The summed E-state index contributed by atoms with van der Waals surface area (Å²) in [6, 6.07) is 5.27. The molecule has 1 rings (SSSR count). The van der Waals surface area contributed by atoms with Crippen molar-refractivity contribution in [3.8, 4) is 5.75 Å². The highest BCUT2D eigenvalue weighted by molar-refractivity contribution is 5.91. The van der Waals surface area contributed by atoms with Crippen molar-refractivity contribution in [2.75, 3.05) is 18.5 Å². The SMILES string of the molecule is CCOC(=O)Oc1ccc(NC(=O)NCC(=O)O)cc1. The molecule has 0 spiro atoms. The number of urea groups is 1. The molecule has 1 aromatic rings. The molecule has 0 saturated heterocycles. The third-order valence-corrected chi connectivity index (χ3v) is 1.98. The van der Waals surface area contributed by atoms with E-state index in [-0.39, 0.29) is 12.4 Å². The van der Waals surface area contributed by atoms with Crippen LogP contribution in [0.4, 0.5) is 15.3 Å². The number of benzene rings is 1. The van der Waals surface area contributed by atoms with Gasteiger partial charge in [-0.05, 0) is 31.2 Å². The van der Waals surface area contributed by atoms with Crippen molar-refractivity contribution in [1.82, 2.24) is 5.32 Å². The van der Waals surface area contributed by atoms with E-state index in [2.05, 4.69) is 15.4 Å². The molecule has 20 heavy (non-hydrogen) atoms. The molecule has 0 atom stereocenters. The van der Waals surface area contributed by atoms with Gasteiger partial charge in [0.15, 0.2) is 0 Å². The van der Waals surface area contributed by atoms with Crippen LogP contribution in [0.1, 0.15) is 6.92 Å². The predicted octanol–water partition coefficient (Wildman–Crippen LogP) is 1.43. The minimum Gasteiger partial charge on any atom is -0.480 e. The summed E-state index contributed by atoms with van der Waals surface area (Å²) < 4.78 is 9.42. The van der Waals surface area contributed by atoms with Crippen LogP contribution < -0.4 is 15.4 Å². The average molecular weight is 282 g/mol. The van der Waals surface area contributed by atoms with Gasteiger partial charge in [0.1, 0.15) is 12.3 Å². The fraction of sp³-hybridized carbons (Fsp3) is 0.250. The van der Waals surface area contributed by atoms with Gasteiger partial charge in [0.2, 0.25) is 0 Å². The lowest BCUT2D eigenvalue weighted by Gasteiger charge is -2.07. The quantitative estimate of drug-likeness (QED) is 0.556. The smallest absolute Gasteiger partial charge is 0.480 e. The lowest BCUT2D eigenvalue weighted by Crippen LogP contribution is -2.33. The van der Waals surface area contributed by atoms with E-state index in [9.17, 15) is 14.4 Å². The Labute approximate surface area is 114 Å². The lowest BCUT2D eigenvalue weighted by molar-refractivity contribution is -0.135. The molecule has 0 aromatic heterocycles. The minimum atomic E-state index is -1.14. The van der Waals surface area contributed by atoms with E-state index in [1.54, 1.807) is 6.92 Å². The number of amides is 2. The van der Waals surface area contributed by atoms with E-state index >= 15 is 0 Å². The number of nitrogens with one attached hydrogen (secondary N) is 2. The first-order valence-corrected chi connectivity index (χ1v) is 5.72. The number of aliphatic carboxylic acids is 1. The van der Waals surface area contributed by atoms with Gasteiger partial charge in [-0.1, -0.05) is 0 Å². The maximum absolute atomic E-state index is 11.3. The summed E-state index contributed by atoms with van der Waals surface area (Å²) in [5, 5.41) is 12.9. The van der Waals surface area contributed by atoms with Crippen LogP contribution in [0, 0.1) is 0 Å². The van der Waals surface area contributed by atoms with Crippen molar-refractivity contribution >= 4 is 23.8 Å². The predicted molar refractivity (Wildman–Crippen MR) is 68.7 cm³/mol. The molecular formula is C12H14N2O6. The molecule has 0 unspecified atom stereocenters. The summed E-state index contributed by atoms with van der Waals surface area (Å²) in [6.45, 7) is 1.39. The fourth-order valence-corrected chi connectivity index (χ4v) is 1.18. The third kappa shape index (κ3) is 5.71. The number of ether oxygens (including phenoxy) is 2. The van der Waals surface area contributed by atoms with Gasteiger partial charge in [-0.2, -0.15) is 0 Å². The Kier molecular flexibility index (Phi) is 5.82. The van der Waals surface area contributed by atoms with Gasteiger partial charge < -0.3 is 25.2 Å². The van der Waals surface area contributed by atoms with Crippen molar-refractivity contribution in [2.24, 2.45) is 0 Å². The lowest BCUT2D eigenvalue weighted by atomic mass is 10.3. The van der Waals surface area contributed by atoms with Crippen LogP contribution in [0.5, 0.6) is 5.75 Å². The van der Waals surface area contributed by atoms with Crippen molar-refractivity contribution in [2.45, 2.75) is 6.92 Å². The summed E-state index contributed by atoms with van der Waals surface area (Å²) in [7, 11) is 0. The van der Waals surface area contributed by atoms with Crippen LogP contribution in [0.3, 0.4) is 0 Å². The summed E-state index contributed by atoms with van der Waals surface area (Å²) in [5.74, 6) is -0.877. The van der Waals surface area contributed by atoms with E-state index in [4.69, 9.17) is 9.84 Å². The first-order valence-electron chi connectivity index (χ1n) is 5.72. The molecular weight excluding hydrogens is 268 g/mol. The zero-order valence-electron chi connectivity index (χ0n) is 10.7. The van der Waals surface area contributed by atoms with E-state index in [0.29, 0.717) is 5.69 Å². The highest BCUT2D eigenvalue weighted by Crippen LogP contribution is 2.16. The molecule has 8 nitrogen and oxygen atoms in total. The standard InChI is InChI=1S/C12H14N2O6/c1-2-19-12(18)20-9-5-3-8(4-6-9)14-11(17)13-7-10(15)16/h3-6H,2,7H2,1H3,(H,15,16)(H2,13,14,17). The van der Waals surface area contributed by atoms with Gasteiger partial charge in [0, 0.05) is 5.69 Å². The summed E-state index contributed by atoms with van der Waals surface area (Å²) >= 11 is 0. The van der Waals surface area contributed by atoms with Crippen LogP contribution in [0.2, 0.25) is 0 Å². The Balaban J connectivity index is 2.47. The zero-order valence-corrected chi connectivity index (χ0v) is 10.7. The van der Waals surface area contributed by atoms with Crippen molar-refractivity contribution < 1.29 is 29.0 Å². The van der Waals surface area contributed by atoms with E-state index in [1.165, 1.54) is 24.3 Å². The van der Waals surface area contributed by atoms with Crippen LogP contribution in [-0.2, 0) is 9.53 Å². The van der Waals surface area contributed by atoms with Gasteiger partial charge in [0.25, 0.3) is 0 Å². The second-order valence-corrected chi connectivity index (χ2v) is 3.51. The normalized spacial score (nSPS) is 9.45. The molecule has 0 fully saturated rings. The molecule has 3 N–H and O–H groups in total. The maximum atomic E-state index is 11.3. The Morgan fingerprint density at radius 1 is 1.20 bits per heavy atom. The molecule has 0 aliphatic rings. The first-order chi connectivity index (χ1) is 9.51. The number of carboxylic acid groups (broad SMARTS) is 1. The minimum absolute atomic E-state index is 0.211. The molecule has 8 heteroatoms. The number of hydrogen-bond donors (Lipinski definition) is 3. The third-order valence-electron chi connectivity index (χ3n) is 1.98. The van der Waals surface area contributed by atoms with Gasteiger partial charge in [-0.15, -0.1) is 0 Å². The van der Waals surface area contributed by atoms with Crippen LogP contribution in [0.15, 0.2) is 24.3 Å². The Morgan fingerprint density at radius 3 is 2.40 bits per heavy atom. The molecule has 0 heterocycles. The van der Waals surface area contributed by atoms with E-state index in [1.807, 2.05) is 0 Å². The van der Waals surface area contributed by atoms with Crippen LogP contribution >= 0.6 is 0 Å². The van der Waals surface area contributed by atoms with Crippen molar-refractivity contribution in [3.05, 3.63) is 24.3 Å².